The van der Waals surface area contributed by atoms with Crippen LogP contribution < -0.4 is 10.6 Å². The SMILES string of the molecule is CO[C@@H]1O[C@H](COC(C)=O)[C@H](O[C@@H]2O[C@H](CSCCCSC[C@H]3O[C@@H](O[C@@H]4[C@H](OC(C)=O)[C@@H](NC(C)=O)[C@H](OC)O[C@@H]4COC(C)=O)[C@H](OC(C)=O)[C@@H](OC(C)=O)[C@H]3OC(C)=O)[C@H](OC(C)=O)[C@H](OC(C)=O)[C@H]2OC(C)=O)[C@H](OC(C)=O)[C@H]1NC(C)=O. The third-order valence-electron chi connectivity index (χ3n) is 12.7. The van der Waals surface area contributed by atoms with Crippen molar-refractivity contribution >= 4 is 95.0 Å². The average molecular weight is 1290 g/mol. The zero-order valence-electron chi connectivity index (χ0n) is 50.6. The van der Waals surface area contributed by atoms with Gasteiger partial charge in [-0.15, -0.1) is 0 Å². The number of esters is 10. The lowest BCUT2D eigenvalue weighted by atomic mass is 9.95. The summed E-state index contributed by atoms with van der Waals surface area (Å²) < 4.78 is 105. The number of thioether (sulfide) groups is 2. The number of carbonyl (C=O) groups is 12. The molecule has 34 heteroatoms. The van der Waals surface area contributed by atoms with Crippen LogP contribution in [0.3, 0.4) is 0 Å². The second kappa shape index (κ2) is 35.3. The number of rotatable bonds is 28. The summed E-state index contributed by atoms with van der Waals surface area (Å²) in [5.74, 6) is -9.15. The fraction of sp³-hybridized carbons (Fsp3) is 0.774. The molecule has 0 spiro atoms. The van der Waals surface area contributed by atoms with Gasteiger partial charge in [-0.3, -0.25) is 57.5 Å². The molecule has 492 valence electrons. The van der Waals surface area contributed by atoms with Crippen molar-refractivity contribution in [1.29, 1.82) is 0 Å². The Morgan fingerprint density at radius 2 is 0.609 bits per heavy atom. The van der Waals surface area contributed by atoms with Crippen molar-refractivity contribution < 1.29 is 143 Å². The third kappa shape index (κ3) is 22.8. The third-order valence-corrected chi connectivity index (χ3v) is 15.0. The van der Waals surface area contributed by atoms with Crippen LogP contribution in [0.15, 0.2) is 0 Å². The minimum absolute atomic E-state index is 0.0365. The number of methoxy groups -OCH3 is 2. The predicted molar refractivity (Wildman–Crippen MR) is 291 cm³/mol. The van der Waals surface area contributed by atoms with Crippen molar-refractivity contribution in [2.45, 2.75) is 212 Å². The van der Waals surface area contributed by atoms with E-state index in [2.05, 4.69) is 10.6 Å². The molecule has 20 atom stereocenters. The Morgan fingerprint density at radius 3 is 0.885 bits per heavy atom. The highest BCUT2D eigenvalue weighted by Gasteiger charge is 2.59. The molecule has 4 fully saturated rings. The van der Waals surface area contributed by atoms with Crippen LogP contribution in [0, 0.1) is 0 Å². The predicted octanol–water partition coefficient (Wildman–Crippen LogP) is -0.605. The Bertz CT molecular complexity index is 2260. The topological polar surface area (TPSA) is 395 Å². The van der Waals surface area contributed by atoms with E-state index >= 15 is 0 Å². The normalized spacial score (nSPS) is 32.1. The van der Waals surface area contributed by atoms with Crippen LogP contribution in [-0.2, 0) is 143 Å². The number of hydrogen-bond donors (Lipinski definition) is 2. The molecular weight excluding hydrogens is 1210 g/mol. The minimum Gasteiger partial charge on any atom is -0.463 e. The molecule has 4 heterocycles. The van der Waals surface area contributed by atoms with Crippen LogP contribution in [0.1, 0.15) is 89.5 Å². The lowest BCUT2D eigenvalue weighted by molar-refractivity contribution is -0.344. The monoisotopic (exact) mass is 1290 g/mol. The first-order valence-electron chi connectivity index (χ1n) is 27.3. The number of amides is 2. The summed E-state index contributed by atoms with van der Waals surface area (Å²) >= 11 is 2.52. The van der Waals surface area contributed by atoms with E-state index in [1.54, 1.807) is 0 Å². The summed E-state index contributed by atoms with van der Waals surface area (Å²) in [6.45, 7) is 12.0. The van der Waals surface area contributed by atoms with Crippen molar-refractivity contribution in [2.24, 2.45) is 0 Å². The Hall–Kier alpha value is -5.98. The highest BCUT2D eigenvalue weighted by Crippen LogP contribution is 2.38. The first-order chi connectivity index (χ1) is 40.9. The Balaban J connectivity index is 1.66. The van der Waals surface area contributed by atoms with Gasteiger partial charge in [0.25, 0.3) is 0 Å². The molecule has 32 nitrogen and oxygen atoms in total. The summed E-state index contributed by atoms with van der Waals surface area (Å²) in [7, 11) is 2.49. The van der Waals surface area contributed by atoms with Gasteiger partial charge in [0, 0.05) is 109 Å². The molecule has 0 saturated carbocycles. The van der Waals surface area contributed by atoms with Crippen LogP contribution in [0.2, 0.25) is 0 Å². The van der Waals surface area contributed by atoms with Gasteiger partial charge in [0.05, 0.1) is 0 Å². The lowest BCUT2D eigenvalue weighted by Gasteiger charge is -2.49. The molecule has 0 aliphatic carbocycles. The smallest absolute Gasteiger partial charge is 0.303 e. The van der Waals surface area contributed by atoms with E-state index in [1.165, 1.54) is 51.6 Å². The van der Waals surface area contributed by atoms with Gasteiger partial charge in [0.1, 0.15) is 61.9 Å². The van der Waals surface area contributed by atoms with E-state index in [9.17, 15) is 57.5 Å². The van der Waals surface area contributed by atoms with Gasteiger partial charge in [0.2, 0.25) is 11.8 Å². The molecule has 4 rings (SSSR count). The van der Waals surface area contributed by atoms with Crippen LogP contribution in [0.4, 0.5) is 0 Å². The molecule has 0 aromatic carbocycles. The fourth-order valence-corrected chi connectivity index (χ4v) is 12.0. The number of nitrogens with one attached hydrogen (secondary N) is 2. The molecule has 4 aliphatic heterocycles. The second-order valence-corrected chi connectivity index (χ2v) is 22.3. The molecule has 0 bridgehead atoms. The Kier molecular flexibility index (Phi) is 29.8. The van der Waals surface area contributed by atoms with Crippen molar-refractivity contribution in [3.8, 4) is 0 Å². The summed E-state index contributed by atoms with van der Waals surface area (Å²) in [5, 5.41) is 5.24. The van der Waals surface area contributed by atoms with Crippen LogP contribution >= 0.6 is 23.5 Å². The number of hydrogen-bond acceptors (Lipinski definition) is 32. The zero-order chi connectivity index (χ0) is 65.0. The standard InChI is InChI=1S/C53H78N2O30S2/c1-22(56)54-38-44(74-28(7)62)40(34(18-70-24(3)58)80-50(38)68-13)84-52-48(78-32(11)66)46(76-30(9)64)42(72-26(5)60)36(82-52)20-86-16-15-17-87-21-37-43(73-27(6)61)47(77-31(10)65)49(79-33(12)67)53(83-37)85-41-35(19-71-25(4)59)81-51(69-14)39(55-23(2)57)45(41)75-29(8)63/h34-53H,15-21H2,1-14H3,(H,54,56)(H,55,57)/t34-,35-,36-,37-,38-,39-,40+,41+,42+,43+,44-,45-,46+,47+,48-,49-,50-,51-,52+,53+/m1/s1. The van der Waals surface area contributed by atoms with Crippen molar-refractivity contribution in [1.82, 2.24) is 10.6 Å². The van der Waals surface area contributed by atoms with Gasteiger partial charge >= 0.3 is 59.7 Å². The lowest BCUT2D eigenvalue weighted by Crippen LogP contribution is -2.69. The second-order valence-electron chi connectivity index (χ2n) is 20.0. The van der Waals surface area contributed by atoms with Crippen LogP contribution in [0.25, 0.3) is 0 Å². The summed E-state index contributed by atoms with van der Waals surface area (Å²) in [5.41, 5.74) is 0. The average Bonchev–Trinajstić information content (AvgIpc) is 1.14. The molecule has 87 heavy (non-hydrogen) atoms. The van der Waals surface area contributed by atoms with Gasteiger partial charge in [-0.2, -0.15) is 23.5 Å². The summed E-state index contributed by atoms with van der Waals surface area (Å²) in [4.78, 5) is 151. The van der Waals surface area contributed by atoms with Gasteiger partial charge in [-0.05, 0) is 17.9 Å². The quantitative estimate of drug-likeness (QED) is 0.0561. The van der Waals surface area contributed by atoms with E-state index in [0.29, 0.717) is 17.9 Å². The first-order valence-corrected chi connectivity index (χ1v) is 29.6. The van der Waals surface area contributed by atoms with Crippen molar-refractivity contribution in [3.05, 3.63) is 0 Å². The Morgan fingerprint density at radius 1 is 0.333 bits per heavy atom. The highest BCUT2D eigenvalue weighted by molar-refractivity contribution is 8.00. The molecule has 4 saturated heterocycles. The highest BCUT2D eigenvalue weighted by atomic mass is 32.2. The van der Waals surface area contributed by atoms with E-state index in [4.69, 9.17) is 85.3 Å². The molecule has 4 aliphatic rings. The number of ether oxygens (including phenoxy) is 18. The van der Waals surface area contributed by atoms with E-state index in [0.717, 1.165) is 69.2 Å². The maximum Gasteiger partial charge on any atom is 0.303 e. The van der Waals surface area contributed by atoms with Crippen LogP contribution in [0.5, 0.6) is 0 Å². The largest absolute Gasteiger partial charge is 0.463 e. The van der Waals surface area contributed by atoms with Gasteiger partial charge in [-0.1, -0.05) is 0 Å². The first kappa shape index (κ1) is 73.5. The van der Waals surface area contributed by atoms with Gasteiger partial charge < -0.3 is 95.9 Å². The Labute approximate surface area is 509 Å². The minimum atomic E-state index is -1.77. The molecule has 0 aromatic heterocycles. The fourth-order valence-electron chi connectivity index (χ4n) is 9.82. The molecule has 2 N–H and O–H groups in total. The van der Waals surface area contributed by atoms with E-state index < -0.39 is 207 Å². The summed E-state index contributed by atoms with van der Waals surface area (Å²) in [6, 6.07) is -2.54. The summed E-state index contributed by atoms with van der Waals surface area (Å²) in [6.07, 6.45) is -26.5. The van der Waals surface area contributed by atoms with Crippen molar-refractivity contribution in [2.75, 3.05) is 50.4 Å². The molecular formula is C53H78N2O30S2. The zero-order valence-corrected chi connectivity index (χ0v) is 52.2. The maximum atomic E-state index is 12.8. The maximum absolute atomic E-state index is 12.8. The van der Waals surface area contributed by atoms with E-state index in [-0.39, 0.29) is 11.5 Å². The van der Waals surface area contributed by atoms with Crippen molar-refractivity contribution in [3.63, 3.8) is 0 Å². The molecule has 0 radical (unpaired) electrons. The van der Waals surface area contributed by atoms with Gasteiger partial charge in [0.15, 0.2) is 74.0 Å². The molecule has 0 unspecified atom stereocenters. The van der Waals surface area contributed by atoms with E-state index in [1.807, 2.05) is 0 Å². The van der Waals surface area contributed by atoms with Gasteiger partial charge in [-0.25, -0.2) is 0 Å². The number of carbonyl (C=O) groups excluding carboxylic acids is 12. The molecule has 2 amide bonds. The van der Waals surface area contributed by atoms with Crippen LogP contribution in [-0.4, -0.2) is 245 Å². The molecule has 0 aromatic rings.